The molecule has 0 spiro atoms. The van der Waals surface area contributed by atoms with Gasteiger partial charge in [0, 0.05) is 17.6 Å². The van der Waals surface area contributed by atoms with Gasteiger partial charge in [-0.05, 0) is 53.8 Å². The van der Waals surface area contributed by atoms with Gasteiger partial charge in [-0.3, -0.25) is 4.98 Å². The molecule has 0 aliphatic carbocycles. The third-order valence-electron chi connectivity index (χ3n) is 4.08. The van der Waals surface area contributed by atoms with Crippen LogP contribution in [0.3, 0.4) is 0 Å². The molecule has 1 nitrogen and oxygen atoms in total. The molecule has 3 aromatic rings. The van der Waals surface area contributed by atoms with Crippen molar-refractivity contribution >= 4 is 11.6 Å². The lowest BCUT2D eigenvalue weighted by molar-refractivity contribution is 1.27. The van der Waals surface area contributed by atoms with Gasteiger partial charge in [-0.2, -0.15) is 0 Å². The van der Waals surface area contributed by atoms with E-state index in [0.717, 1.165) is 16.8 Å². The molecular weight excluding hydrogens is 290 g/mol. The molecule has 2 aromatic carbocycles. The molecule has 0 unspecified atom stereocenters. The summed E-state index contributed by atoms with van der Waals surface area (Å²) in [5, 5.41) is 0. The number of halogens is 1. The number of nitrogens with zero attached hydrogens (tertiary/aromatic N) is 1. The predicted octanol–water partition coefficient (Wildman–Crippen LogP) is 5.77. The van der Waals surface area contributed by atoms with E-state index >= 15 is 0 Å². The average molecular weight is 308 g/mol. The monoisotopic (exact) mass is 307 g/mol. The van der Waals surface area contributed by atoms with Crippen molar-refractivity contribution in [2.24, 2.45) is 0 Å². The SMILES string of the molecule is Cc1cccc(-c2ccccc2-c2cc(CCl)ccn2)c1C. The van der Waals surface area contributed by atoms with Crippen LogP contribution in [0.4, 0.5) is 0 Å². The number of benzene rings is 2. The number of hydrogen-bond donors (Lipinski definition) is 0. The van der Waals surface area contributed by atoms with Crippen molar-refractivity contribution in [1.82, 2.24) is 4.98 Å². The van der Waals surface area contributed by atoms with Gasteiger partial charge in [0.1, 0.15) is 0 Å². The Hall–Kier alpha value is -2.12. The zero-order chi connectivity index (χ0) is 15.5. The molecule has 0 saturated carbocycles. The minimum Gasteiger partial charge on any atom is -0.256 e. The van der Waals surface area contributed by atoms with Crippen LogP contribution >= 0.6 is 11.6 Å². The first-order chi connectivity index (χ1) is 10.7. The first-order valence-electron chi connectivity index (χ1n) is 7.37. The number of alkyl halides is 1. The van der Waals surface area contributed by atoms with Gasteiger partial charge >= 0.3 is 0 Å². The maximum atomic E-state index is 5.96. The maximum absolute atomic E-state index is 5.96. The van der Waals surface area contributed by atoms with Crippen LogP contribution in [0, 0.1) is 13.8 Å². The lowest BCUT2D eigenvalue weighted by atomic mass is 9.92. The normalized spacial score (nSPS) is 10.7. The second-order valence-electron chi connectivity index (χ2n) is 5.48. The van der Waals surface area contributed by atoms with Crippen LogP contribution in [0.25, 0.3) is 22.4 Å². The second kappa shape index (κ2) is 6.33. The molecule has 0 saturated heterocycles. The van der Waals surface area contributed by atoms with Crippen molar-refractivity contribution < 1.29 is 0 Å². The van der Waals surface area contributed by atoms with Crippen molar-refractivity contribution in [3.63, 3.8) is 0 Å². The number of hydrogen-bond acceptors (Lipinski definition) is 1. The second-order valence-corrected chi connectivity index (χ2v) is 5.74. The smallest absolute Gasteiger partial charge is 0.0711 e. The van der Waals surface area contributed by atoms with Crippen LogP contribution in [0.15, 0.2) is 60.8 Å². The molecule has 0 atom stereocenters. The molecule has 0 N–H and O–H groups in total. The fourth-order valence-electron chi connectivity index (χ4n) is 2.69. The fraction of sp³-hybridized carbons (Fsp3) is 0.150. The third kappa shape index (κ3) is 2.77. The van der Waals surface area contributed by atoms with Crippen LogP contribution in [0.1, 0.15) is 16.7 Å². The van der Waals surface area contributed by atoms with Gasteiger partial charge in [-0.15, -0.1) is 11.6 Å². The molecule has 22 heavy (non-hydrogen) atoms. The van der Waals surface area contributed by atoms with Gasteiger partial charge in [0.15, 0.2) is 0 Å². The van der Waals surface area contributed by atoms with E-state index < -0.39 is 0 Å². The van der Waals surface area contributed by atoms with Crippen molar-refractivity contribution in [3.05, 3.63) is 77.5 Å². The summed E-state index contributed by atoms with van der Waals surface area (Å²) in [6, 6.07) is 18.9. The zero-order valence-corrected chi connectivity index (χ0v) is 13.6. The van der Waals surface area contributed by atoms with Gasteiger partial charge in [0.25, 0.3) is 0 Å². The van der Waals surface area contributed by atoms with Gasteiger partial charge in [-0.1, -0.05) is 42.5 Å². The first-order valence-corrected chi connectivity index (χ1v) is 7.91. The Bertz CT molecular complexity index is 808. The summed E-state index contributed by atoms with van der Waals surface area (Å²) >= 11 is 5.96. The Balaban J connectivity index is 2.20. The molecular formula is C20H18ClN. The number of rotatable bonds is 3. The molecule has 2 heteroatoms. The van der Waals surface area contributed by atoms with Crippen LogP contribution < -0.4 is 0 Å². The predicted molar refractivity (Wildman–Crippen MR) is 94.1 cm³/mol. The molecule has 0 fully saturated rings. The molecule has 1 aromatic heterocycles. The van der Waals surface area contributed by atoms with E-state index in [2.05, 4.69) is 67.4 Å². The van der Waals surface area contributed by atoms with E-state index in [0.29, 0.717) is 5.88 Å². The first kappa shape index (κ1) is 14.8. The van der Waals surface area contributed by atoms with Crippen LogP contribution in [0.2, 0.25) is 0 Å². The number of pyridine rings is 1. The van der Waals surface area contributed by atoms with Gasteiger partial charge in [0.05, 0.1) is 5.69 Å². The summed E-state index contributed by atoms with van der Waals surface area (Å²) in [6.07, 6.45) is 1.83. The minimum atomic E-state index is 0.501. The highest BCUT2D eigenvalue weighted by Crippen LogP contribution is 2.34. The summed E-state index contributed by atoms with van der Waals surface area (Å²) in [7, 11) is 0. The molecule has 3 rings (SSSR count). The Morgan fingerprint density at radius 2 is 1.59 bits per heavy atom. The van der Waals surface area contributed by atoms with E-state index in [1.54, 1.807) is 0 Å². The van der Waals surface area contributed by atoms with Gasteiger partial charge < -0.3 is 0 Å². The lowest BCUT2D eigenvalue weighted by Gasteiger charge is -2.13. The van der Waals surface area contributed by atoms with Crippen molar-refractivity contribution in [2.75, 3.05) is 0 Å². The zero-order valence-electron chi connectivity index (χ0n) is 12.8. The molecule has 0 radical (unpaired) electrons. The van der Waals surface area contributed by atoms with Crippen LogP contribution in [-0.2, 0) is 5.88 Å². The van der Waals surface area contributed by atoms with Gasteiger partial charge in [-0.25, -0.2) is 0 Å². The maximum Gasteiger partial charge on any atom is 0.0711 e. The summed E-state index contributed by atoms with van der Waals surface area (Å²) in [5.41, 5.74) is 8.27. The highest BCUT2D eigenvalue weighted by molar-refractivity contribution is 6.17. The number of aromatic nitrogens is 1. The Labute approximate surface area is 136 Å². The van der Waals surface area contributed by atoms with E-state index in [9.17, 15) is 0 Å². The summed E-state index contributed by atoms with van der Waals surface area (Å²) in [5.74, 6) is 0.501. The fourth-order valence-corrected chi connectivity index (χ4v) is 2.86. The van der Waals surface area contributed by atoms with E-state index in [4.69, 9.17) is 11.6 Å². The molecule has 0 bridgehead atoms. The Morgan fingerprint density at radius 1 is 0.864 bits per heavy atom. The highest BCUT2D eigenvalue weighted by Gasteiger charge is 2.11. The van der Waals surface area contributed by atoms with Crippen molar-refractivity contribution in [1.29, 1.82) is 0 Å². The van der Waals surface area contributed by atoms with E-state index in [-0.39, 0.29) is 0 Å². The minimum absolute atomic E-state index is 0.501. The summed E-state index contributed by atoms with van der Waals surface area (Å²) in [4.78, 5) is 4.54. The van der Waals surface area contributed by atoms with E-state index in [1.165, 1.54) is 22.3 Å². The topological polar surface area (TPSA) is 12.9 Å². The molecule has 110 valence electrons. The Morgan fingerprint density at radius 3 is 2.36 bits per heavy atom. The summed E-state index contributed by atoms with van der Waals surface area (Å²) < 4.78 is 0. The van der Waals surface area contributed by atoms with Crippen LogP contribution in [0.5, 0.6) is 0 Å². The van der Waals surface area contributed by atoms with Gasteiger partial charge in [0.2, 0.25) is 0 Å². The lowest BCUT2D eigenvalue weighted by Crippen LogP contribution is -1.92. The van der Waals surface area contributed by atoms with Crippen molar-refractivity contribution in [3.8, 4) is 22.4 Å². The van der Waals surface area contributed by atoms with Crippen molar-refractivity contribution in [2.45, 2.75) is 19.7 Å². The standard InChI is InChI=1S/C20H18ClN/c1-14-6-5-9-17(15(14)2)18-7-3-4-8-19(18)20-12-16(13-21)10-11-22-20/h3-12H,13H2,1-2H3. The molecule has 1 heterocycles. The molecule has 0 amide bonds. The largest absolute Gasteiger partial charge is 0.256 e. The average Bonchev–Trinajstić information content (AvgIpc) is 2.57. The Kier molecular flexibility index (Phi) is 4.26. The summed E-state index contributed by atoms with van der Waals surface area (Å²) in [6.45, 7) is 4.32. The number of aryl methyl sites for hydroxylation is 1. The highest BCUT2D eigenvalue weighted by atomic mass is 35.5. The van der Waals surface area contributed by atoms with Crippen LogP contribution in [-0.4, -0.2) is 4.98 Å². The molecule has 0 aliphatic rings. The van der Waals surface area contributed by atoms with E-state index in [1.807, 2.05) is 12.3 Å². The quantitative estimate of drug-likeness (QED) is 0.560. The molecule has 0 aliphatic heterocycles. The third-order valence-corrected chi connectivity index (χ3v) is 4.39.